The standard InChI is InChI=1S/C36H28Cl2N2O5S/c1-3-44-35(42)30-31(23-10-5-4-6-11-23)39-36-40(32(30)24-15-17-26(37)18-16-24)34(41)29(46-36)20-25-12-8-14-28(43-2)33(25)45-21-22-9-7-13-27(38)19-22/h4-20,32H,3,21H2,1-2H3/b29-20-/t32-/m0/s1. The van der Waals surface area contributed by atoms with Crippen LogP contribution < -0.4 is 24.4 Å². The van der Waals surface area contributed by atoms with Gasteiger partial charge in [-0.15, -0.1) is 0 Å². The van der Waals surface area contributed by atoms with E-state index in [9.17, 15) is 9.59 Å². The number of rotatable bonds is 9. The largest absolute Gasteiger partial charge is 0.493 e. The number of hydrogen-bond donors (Lipinski definition) is 0. The predicted molar refractivity (Wildman–Crippen MR) is 181 cm³/mol. The number of aromatic nitrogens is 1. The molecule has 2 heterocycles. The fourth-order valence-electron chi connectivity index (χ4n) is 5.29. The monoisotopic (exact) mass is 670 g/mol. The van der Waals surface area contributed by atoms with E-state index >= 15 is 0 Å². The SMILES string of the molecule is CCOC(=O)C1=C(c2ccccc2)N=c2s/c(=C\c3cccc(OC)c3OCc3cccc(Cl)c3)c(=O)n2[C@H]1c1ccc(Cl)cc1. The summed E-state index contributed by atoms with van der Waals surface area (Å²) in [4.78, 5) is 33.3. The average molecular weight is 672 g/mol. The number of fused-ring (bicyclic) bond motifs is 1. The van der Waals surface area contributed by atoms with Gasteiger partial charge in [0, 0.05) is 21.2 Å². The van der Waals surface area contributed by atoms with Gasteiger partial charge in [-0.2, -0.15) is 0 Å². The van der Waals surface area contributed by atoms with Crippen molar-refractivity contribution in [2.45, 2.75) is 19.6 Å². The molecule has 0 unspecified atom stereocenters. The summed E-state index contributed by atoms with van der Waals surface area (Å²) in [5.74, 6) is 0.435. The topological polar surface area (TPSA) is 79.1 Å². The highest BCUT2D eigenvalue weighted by atomic mass is 35.5. The number of carbonyl (C=O) groups excluding carboxylic acids is 1. The molecule has 0 saturated carbocycles. The fraction of sp³-hybridized carbons (Fsp3) is 0.139. The highest BCUT2D eigenvalue weighted by Gasteiger charge is 2.35. The molecule has 4 aromatic carbocycles. The van der Waals surface area contributed by atoms with Crippen LogP contribution in [0.5, 0.6) is 11.5 Å². The van der Waals surface area contributed by atoms with Crippen LogP contribution in [0.1, 0.15) is 35.2 Å². The molecule has 46 heavy (non-hydrogen) atoms. The molecule has 0 amide bonds. The molecule has 0 saturated heterocycles. The van der Waals surface area contributed by atoms with Crippen molar-refractivity contribution >= 4 is 52.3 Å². The Morgan fingerprint density at radius 2 is 1.72 bits per heavy atom. The maximum atomic E-state index is 14.3. The molecule has 10 heteroatoms. The number of esters is 1. The molecular weight excluding hydrogens is 643 g/mol. The summed E-state index contributed by atoms with van der Waals surface area (Å²) in [7, 11) is 1.56. The Morgan fingerprint density at radius 1 is 0.957 bits per heavy atom. The number of ether oxygens (including phenoxy) is 3. The quantitative estimate of drug-likeness (QED) is 0.161. The zero-order chi connectivity index (χ0) is 32.2. The van der Waals surface area contributed by atoms with Gasteiger partial charge in [0.1, 0.15) is 6.61 Å². The Hall–Kier alpha value is -4.63. The van der Waals surface area contributed by atoms with Gasteiger partial charge in [0.05, 0.1) is 35.6 Å². The van der Waals surface area contributed by atoms with Gasteiger partial charge in [-0.1, -0.05) is 101 Å². The van der Waals surface area contributed by atoms with Crippen LogP contribution in [-0.2, 0) is 16.1 Å². The van der Waals surface area contributed by atoms with Crippen LogP contribution in [0.3, 0.4) is 0 Å². The van der Waals surface area contributed by atoms with Gasteiger partial charge < -0.3 is 14.2 Å². The van der Waals surface area contributed by atoms with Crippen molar-refractivity contribution in [3.63, 3.8) is 0 Å². The third-order valence-electron chi connectivity index (χ3n) is 7.35. The maximum absolute atomic E-state index is 14.3. The molecule has 6 rings (SSSR count). The van der Waals surface area contributed by atoms with E-state index in [0.29, 0.717) is 47.7 Å². The van der Waals surface area contributed by atoms with E-state index in [1.165, 1.54) is 11.3 Å². The molecule has 0 spiro atoms. The van der Waals surface area contributed by atoms with E-state index in [-0.39, 0.29) is 24.3 Å². The van der Waals surface area contributed by atoms with E-state index in [1.807, 2.05) is 60.7 Å². The summed E-state index contributed by atoms with van der Waals surface area (Å²) in [6.45, 7) is 2.15. The van der Waals surface area contributed by atoms with E-state index in [1.54, 1.807) is 61.1 Å². The first-order valence-corrected chi connectivity index (χ1v) is 16.0. The van der Waals surface area contributed by atoms with Crippen LogP contribution in [-0.4, -0.2) is 24.3 Å². The van der Waals surface area contributed by atoms with Gasteiger partial charge in [0.15, 0.2) is 16.3 Å². The number of para-hydroxylation sites is 1. The molecule has 7 nitrogen and oxygen atoms in total. The fourth-order valence-corrected chi connectivity index (χ4v) is 6.62. The maximum Gasteiger partial charge on any atom is 0.338 e. The zero-order valence-corrected chi connectivity index (χ0v) is 27.2. The number of carbonyl (C=O) groups is 1. The molecule has 1 atom stereocenters. The summed E-state index contributed by atoms with van der Waals surface area (Å²) in [6.07, 6.45) is 1.76. The lowest BCUT2D eigenvalue weighted by Crippen LogP contribution is -2.40. The average Bonchev–Trinajstić information content (AvgIpc) is 3.38. The number of thiazole rings is 1. The second-order valence-electron chi connectivity index (χ2n) is 10.3. The minimum Gasteiger partial charge on any atom is -0.493 e. The number of methoxy groups -OCH3 is 1. The molecule has 1 aliphatic rings. The highest BCUT2D eigenvalue weighted by Crippen LogP contribution is 2.36. The van der Waals surface area contributed by atoms with Crippen molar-refractivity contribution in [3.05, 3.63) is 155 Å². The lowest BCUT2D eigenvalue weighted by atomic mass is 9.93. The molecular formula is C36H28Cl2N2O5S. The second-order valence-corrected chi connectivity index (χ2v) is 12.2. The van der Waals surface area contributed by atoms with Gasteiger partial charge in [0.2, 0.25) is 0 Å². The summed E-state index contributed by atoms with van der Waals surface area (Å²) < 4.78 is 19.3. The lowest BCUT2D eigenvalue weighted by Gasteiger charge is -2.26. The van der Waals surface area contributed by atoms with Crippen molar-refractivity contribution < 1.29 is 19.0 Å². The Balaban J connectivity index is 1.55. The van der Waals surface area contributed by atoms with Crippen LogP contribution in [0.4, 0.5) is 0 Å². The molecule has 5 aromatic rings. The van der Waals surface area contributed by atoms with Gasteiger partial charge in [-0.05, 0) is 54.5 Å². The smallest absolute Gasteiger partial charge is 0.338 e. The molecule has 0 radical (unpaired) electrons. The first kappa shape index (κ1) is 31.4. The summed E-state index contributed by atoms with van der Waals surface area (Å²) in [6, 6.07) is 28.6. The van der Waals surface area contributed by atoms with E-state index in [2.05, 4.69) is 0 Å². The lowest BCUT2D eigenvalue weighted by molar-refractivity contribution is -0.138. The van der Waals surface area contributed by atoms with Gasteiger partial charge >= 0.3 is 5.97 Å². The summed E-state index contributed by atoms with van der Waals surface area (Å²) in [5.41, 5.74) is 3.33. The van der Waals surface area contributed by atoms with Crippen LogP contribution in [0, 0.1) is 0 Å². The van der Waals surface area contributed by atoms with Crippen molar-refractivity contribution in [1.29, 1.82) is 0 Å². The third-order valence-corrected chi connectivity index (χ3v) is 8.82. The Kier molecular flexibility index (Phi) is 9.40. The van der Waals surface area contributed by atoms with E-state index in [0.717, 1.165) is 11.1 Å². The summed E-state index contributed by atoms with van der Waals surface area (Å²) in [5, 5.41) is 1.14. The normalized spacial score (nSPS) is 14.4. The predicted octanol–water partition coefficient (Wildman–Crippen LogP) is 6.83. The molecule has 0 fully saturated rings. The second kappa shape index (κ2) is 13.8. The molecule has 232 valence electrons. The first-order chi connectivity index (χ1) is 22.4. The molecule has 0 N–H and O–H groups in total. The van der Waals surface area contributed by atoms with Crippen molar-refractivity contribution in [2.24, 2.45) is 4.99 Å². The van der Waals surface area contributed by atoms with E-state index < -0.39 is 12.0 Å². The molecule has 0 bridgehead atoms. The first-order valence-electron chi connectivity index (χ1n) is 14.5. The molecule has 1 aliphatic heterocycles. The van der Waals surface area contributed by atoms with Crippen molar-refractivity contribution in [2.75, 3.05) is 13.7 Å². The van der Waals surface area contributed by atoms with Gasteiger partial charge in [0.25, 0.3) is 5.56 Å². The van der Waals surface area contributed by atoms with Crippen molar-refractivity contribution in [3.8, 4) is 11.5 Å². The highest BCUT2D eigenvalue weighted by molar-refractivity contribution is 7.07. The van der Waals surface area contributed by atoms with E-state index in [4.69, 9.17) is 42.4 Å². The number of halogens is 2. The van der Waals surface area contributed by atoms with Crippen molar-refractivity contribution in [1.82, 2.24) is 4.57 Å². The Morgan fingerprint density at radius 3 is 2.43 bits per heavy atom. The Labute approximate surface area is 279 Å². The van der Waals surface area contributed by atoms with Crippen LogP contribution in [0.2, 0.25) is 10.0 Å². The molecule has 1 aromatic heterocycles. The minimum absolute atomic E-state index is 0.163. The van der Waals surface area contributed by atoms with Crippen LogP contribution >= 0.6 is 34.5 Å². The van der Waals surface area contributed by atoms with Gasteiger partial charge in [-0.25, -0.2) is 9.79 Å². The van der Waals surface area contributed by atoms with Gasteiger partial charge in [-0.3, -0.25) is 9.36 Å². The third kappa shape index (κ3) is 6.37. The number of hydrogen-bond acceptors (Lipinski definition) is 7. The number of benzene rings is 4. The molecule has 0 aliphatic carbocycles. The minimum atomic E-state index is -0.811. The van der Waals surface area contributed by atoms with Crippen LogP contribution in [0.25, 0.3) is 11.8 Å². The number of nitrogens with zero attached hydrogens (tertiary/aromatic N) is 2. The van der Waals surface area contributed by atoms with Crippen LogP contribution in [0.15, 0.2) is 112 Å². The Bertz CT molecular complexity index is 2120. The summed E-state index contributed by atoms with van der Waals surface area (Å²) >= 11 is 13.6. The zero-order valence-electron chi connectivity index (χ0n) is 24.9.